The molecule has 1 aliphatic rings. The molecule has 0 aliphatic carbocycles. The number of carbonyl (C=O) groups is 1. The maximum Gasteiger partial charge on any atom is 0.315 e. The first-order valence-electron chi connectivity index (χ1n) is 9.49. The van der Waals surface area contributed by atoms with Crippen LogP contribution in [-0.2, 0) is 0 Å². The number of fused-ring (bicyclic) bond motifs is 1. The van der Waals surface area contributed by atoms with Gasteiger partial charge in [0.15, 0.2) is 11.3 Å². The highest BCUT2D eigenvalue weighted by molar-refractivity contribution is 6.02. The van der Waals surface area contributed by atoms with Crippen molar-refractivity contribution in [3.63, 3.8) is 0 Å². The summed E-state index contributed by atoms with van der Waals surface area (Å²) < 4.78 is 17.1. The first kappa shape index (κ1) is 19.9. The van der Waals surface area contributed by atoms with Crippen molar-refractivity contribution in [1.82, 2.24) is 4.90 Å². The van der Waals surface area contributed by atoms with Crippen molar-refractivity contribution in [2.75, 3.05) is 46.4 Å². The van der Waals surface area contributed by atoms with Gasteiger partial charge in [-0.2, -0.15) is 0 Å². The van der Waals surface area contributed by atoms with Crippen molar-refractivity contribution in [2.24, 2.45) is 0 Å². The maximum atomic E-state index is 13.0. The van der Waals surface area contributed by atoms with Crippen molar-refractivity contribution in [1.29, 1.82) is 0 Å². The predicted molar refractivity (Wildman–Crippen MR) is 102 cm³/mol. The van der Waals surface area contributed by atoms with Gasteiger partial charge in [0.1, 0.15) is 0 Å². The van der Waals surface area contributed by atoms with Crippen LogP contribution in [0.5, 0.6) is 11.5 Å². The number of ether oxygens (including phenoxy) is 2. The Morgan fingerprint density at radius 3 is 2.43 bits per heavy atom. The highest BCUT2D eigenvalue weighted by atomic mass is 16.6. The number of nitro groups is 1. The van der Waals surface area contributed by atoms with Crippen molar-refractivity contribution in [2.45, 2.75) is 20.8 Å². The predicted octanol–water partition coefficient (Wildman–Crippen LogP) is 1.42. The molecular formula is C19H26N3O6+. The van der Waals surface area contributed by atoms with Crippen LogP contribution in [0.25, 0.3) is 11.0 Å². The van der Waals surface area contributed by atoms with Gasteiger partial charge in [-0.1, -0.05) is 0 Å². The van der Waals surface area contributed by atoms with Crippen LogP contribution in [0.2, 0.25) is 0 Å². The average Bonchev–Trinajstić information content (AvgIpc) is 3.00. The van der Waals surface area contributed by atoms with E-state index < -0.39 is 4.92 Å². The minimum atomic E-state index is -0.510. The second kappa shape index (κ2) is 8.05. The molecule has 1 aliphatic heterocycles. The van der Waals surface area contributed by atoms with Gasteiger partial charge in [-0.05, 0) is 20.8 Å². The molecule has 3 rings (SSSR count). The van der Waals surface area contributed by atoms with Gasteiger partial charge in [-0.25, -0.2) is 0 Å². The molecule has 1 amide bonds. The summed E-state index contributed by atoms with van der Waals surface area (Å²) in [6.07, 6.45) is 0. The van der Waals surface area contributed by atoms with E-state index in [1.165, 1.54) is 11.0 Å². The van der Waals surface area contributed by atoms with Crippen molar-refractivity contribution in [3.05, 3.63) is 27.5 Å². The molecular weight excluding hydrogens is 366 g/mol. The van der Waals surface area contributed by atoms with Crippen LogP contribution >= 0.6 is 0 Å². The smallest absolute Gasteiger partial charge is 0.315 e. The third-order valence-electron chi connectivity index (χ3n) is 4.99. The van der Waals surface area contributed by atoms with Crippen molar-refractivity contribution >= 4 is 22.6 Å². The van der Waals surface area contributed by atoms with E-state index in [9.17, 15) is 14.9 Å². The summed E-state index contributed by atoms with van der Waals surface area (Å²) in [5.74, 6) is 0.180. The van der Waals surface area contributed by atoms with Crippen LogP contribution in [0.3, 0.4) is 0 Å². The molecule has 152 valence electrons. The van der Waals surface area contributed by atoms with Crippen LogP contribution in [-0.4, -0.2) is 62.2 Å². The van der Waals surface area contributed by atoms with Crippen molar-refractivity contribution in [3.8, 4) is 11.5 Å². The standard InChI is InChI=1S/C19H25N3O6/c1-5-26-17-14(22(24)25)11-13-12(3)15(28-16(13)18(17)27-6-2)19(23)21-9-7-20(4)8-10-21/h11H,5-10H2,1-4H3/p+1. The fraction of sp³-hybridized carbons (Fsp3) is 0.526. The second-order valence-electron chi connectivity index (χ2n) is 6.86. The number of nitrogens with one attached hydrogen (secondary N) is 1. The summed E-state index contributed by atoms with van der Waals surface area (Å²) in [6, 6.07) is 1.40. The van der Waals surface area contributed by atoms with Gasteiger partial charge in [0.25, 0.3) is 5.91 Å². The van der Waals surface area contributed by atoms with Gasteiger partial charge in [-0.15, -0.1) is 0 Å². The third-order valence-corrected chi connectivity index (χ3v) is 4.99. The summed E-state index contributed by atoms with van der Waals surface area (Å²) in [5.41, 5.74) is 0.666. The van der Waals surface area contributed by atoms with Crippen LogP contribution < -0.4 is 14.4 Å². The third kappa shape index (κ3) is 3.49. The summed E-state index contributed by atoms with van der Waals surface area (Å²) in [6.45, 7) is 8.79. The molecule has 0 unspecified atom stereocenters. The Morgan fingerprint density at radius 2 is 1.86 bits per heavy atom. The number of aryl methyl sites for hydroxylation is 1. The van der Waals surface area contributed by atoms with E-state index in [-0.39, 0.29) is 42.1 Å². The SMILES string of the molecule is CCOc1c([N+](=O)[O-])cc2c(C)c(C(=O)N3CC[NH+](C)CC3)oc2c1OCC. The molecule has 1 aromatic carbocycles. The molecule has 0 saturated carbocycles. The number of nitrogens with zero attached hydrogens (tertiary/aromatic N) is 2. The Kier molecular flexibility index (Phi) is 5.73. The van der Waals surface area contributed by atoms with E-state index in [0.29, 0.717) is 29.6 Å². The number of hydrogen-bond acceptors (Lipinski definition) is 6. The zero-order valence-corrected chi connectivity index (χ0v) is 16.7. The molecule has 0 bridgehead atoms. The van der Waals surface area contributed by atoms with E-state index in [4.69, 9.17) is 13.9 Å². The van der Waals surface area contributed by atoms with Crippen LogP contribution in [0.4, 0.5) is 5.69 Å². The molecule has 9 nitrogen and oxygen atoms in total. The Morgan fingerprint density at radius 1 is 1.25 bits per heavy atom. The highest BCUT2D eigenvalue weighted by Crippen LogP contribution is 2.46. The fourth-order valence-corrected chi connectivity index (χ4v) is 3.42. The zero-order chi connectivity index (χ0) is 20.4. The lowest BCUT2D eigenvalue weighted by Crippen LogP contribution is -3.12. The molecule has 9 heteroatoms. The molecule has 1 N–H and O–H groups in total. The quantitative estimate of drug-likeness (QED) is 0.590. The summed E-state index contributed by atoms with van der Waals surface area (Å²) in [7, 11) is 2.09. The van der Waals surface area contributed by atoms with E-state index in [0.717, 1.165) is 13.1 Å². The van der Waals surface area contributed by atoms with Gasteiger partial charge < -0.3 is 23.7 Å². The van der Waals surface area contributed by atoms with Crippen molar-refractivity contribution < 1.29 is 28.5 Å². The first-order chi connectivity index (χ1) is 13.4. The normalized spacial score (nSPS) is 15.1. The lowest BCUT2D eigenvalue weighted by atomic mass is 10.1. The molecule has 0 spiro atoms. The molecule has 1 aromatic heterocycles. The summed E-state index contributed by atoms with van der Waals surface area (Å²) in [4.78, 5) is 27.2. The monoisotopic (exact) mass is 392 g/mol. The van der Waals surface area contributed by atoms with E-state index in [2.05, 4.69) is 7.05 Å². The molecule has 0 radical (unpaired) electrons. The van der Waals surface area contributed by atoms with Gasteiger partial charge in [-0.3, -0.25) is 14.9 Å². The summed E-state index contributed by atoms with van der Waals surface area (Å²) in [5, 5.41) is 12.1. The fourth-order valence-electron chi connectivity index (χ4n) is 3.42. The highest BCUT2D eigenvalue weighted by Gasteiger charge is 2.32. The van der Waals surface area contributed by atoms with E-state index >= 15 is 0 Å². The number of amides is 1. The van der Waals surface area contributed by atoms with Gasteiger partial charge in [0.2, 0.25) is 11.5 Å². The number of rotatable bonds is 6. The molecule has 1 fully saturated rings. The topological polar surface area (TPSA) is 99.5 Å². The molecule has 2 heterocycles. The zero-order valence-electron chi connectivity index (χ0n) is 16.7. The number of carbonyl (C=O) groups excluding carboxylic acids is 1. The Hall–Kier alpha value is -2.81. The van der Waals surface area contributed by atoms with Gasteiger partial charge in [0.05, 0.1) is 51.4 Å². The van der Waals surface area contributed by atoms with Crippen LogP contribution in [0, 0.1) is 17.0 Å². The van der Waals surface area contributed by atoms with E-state index in [1.54, 1.807) is 25.7 Å². The number of nitro benzene ring substituents is 1. The molecule has 1 saturated heterocycles. The Balaban J connectivity index is 2.14. The second-order valence-corrected chi connectivity index (χ2v) is 6.86. The maximum absolute atomic E-state index is 13.0. The molecule has 28 heavy (non-hydrogen) atoms. The lowest BCUT2D eigenvalue weighted by Gasteiger charge is -2.29. The summed E-state index contributed by atoms with van der Waals surface area (Å²) >= 11 is 0. The Bertz CT molecular complexity index is 899. The average molecular weight is 392 g/mol. The van der Waals surface area contributed by atoms with Crippen LogP contribution in [0.15, 0.2) is 10.5 Å². The van der Waals surface area contributed by atoms with Gasteiger partial charge in [0, 0.05) is 17.0 Å². The number of furan rings is 1. The largest absolute Gasteiger partial charge is 0.486 e. The number of quaternary nitrogens is 1. The van der Waals surface area contributed by atoms with Gasteiger partial charge >= 0.3 is 5.69 Å². The minimum absolute atomic E-state index is 0.0257. The lowest BCUT2D eigenvalue weighted by molar-refractivity contribution is -0.883. The first-order valence-corrected chi connectivity index (χ1v) is 9.49. The Labute approximate surface area is 162 Å². The number of benzene rings is 1. The number of piperazine rings is 1. The van der Waals surface area contributed by atoms with Crippen LogP contribution in [0.1, 0.15) is 30.0 Å². The van der Waals surface area contributed by atoms with E-state index in [1.807, 2.05) is 0 Å². The number of hydrogen-bond donors (Lipinski definition) is 1. The minimum Gasteiger partial charge on any atom is -0.486 e. The number of likely N-dealkylation sites (N-methyl/N-ethyl adjacent to an activating group) is 1. The molecule has 0 atom stereocenters. The molecule has 2 aromatic rings.